The minimum atomic E-state index is 0. The van der Waals surface area contributed by atoms with Crippen LogP contribution in [0.3, 0.4) is 0 Å². The van der Waals surface area contributed by atoms with E-state index >= 15 is 0 Å². The van der Waals surface area contributed by atoms with Gasteiger partial charge in [-0.3, -0.25) is 0 Å². The van der Waals surface area contributed by atoms with Gasteiger partial charge in [0.2, 0.25) is 0 Å². The van der Waals surface area contributed by atoms with Gasteiger partial charge in [-0.1, -0.05) is 6.58 Å². The first-order chi connectivity index (χ1) is 2.39. The fourth-order valence-electron chi connectivity index (χ4n) is 0.302. The van der Waals surface area contributed by atoms with E-state index < -0.39 is 0 Å². The summed E-state index contributed by atoms with van der Waals surface area (Å²) in [5.74, 6) is 0. The fourth-order valence-corrected chi connectivity index (χ4v) is 0.302. The molecular formula is C4H8ClN. The maximum absolute atomic E-state index is 3.70. The van der Waals surface area contributed by atoms with Gasteiger partial charge < -0.3 is 5.32 Å². The molecule has 1 fully saturated rings. The second kappa shape index (κ2) is 2.21. The lowest BCUT2D eigenvalue weighted by atomic mass is 10.2. The van der Waals surface area contributed by atoms with Gasteiger partial charge in [-0.15, -0.1) is 12.4 Å². The molecule has 0 atom stereocenters. The second-order valence-electron chi connectivity index (χ2n) is 1.35. The first-order valence-corrected chi connectivity index (χ1v) is 1.77. The topological polar surface area (TPSA) is 12.0 Å². The van der Waals surface area contributed by atoms with Gasteiger partial charge in [-0.05, 0) is 5.57 Å². The molecular weight excluding hydrogens is 97.5 g/mol. The molecule has 1 nitrogen and oxygen atoms in total. The first-order valence-electron chi connectivity index (χ1n) is 1.77. The van der Waals surface area contributed by atoms with E-state index in [1.165, 1.54) is 5.57 Å². The highest BCUT2D eigenvalue weighted by atomic mass is 35.5. The van der Waals surface area contributed by atoms with Crippen LogP contribution in [0, 0.1) is 0 Å². The Morgan fingerprint density at radius 1 is 1.50 bits per heavy atom. The van der Waals surface area contributed by atoms with Crippen molar-refractivity contribution in [3.63, 3.8) is 0 Å². The highest BCUT2D eigenvalue weighted by molar-refractivity contribution is 5.85. The number of rotatable bonds is 0. The molecule has 1 aliphatic rings. The molecule has 0 aromatic heterocycles. The van der Waals surface area contributed by atoms with E-state index in [0.717, 1.165) is 13.1 Å². The van der Waals surface area contributed by atoms with Gasteiger partial charge in [0.15, 0.2) is 0 Å². The highest BCUT2D eigenvalue weighted by Crippen LogP contribution is 1.92. The van der Waals surface area contributed by atoms with E-state index in [4.69, 9.17) is 0 Å². The molecule has 1 heterocycles. The SMILES string of the molecule is C=C1CNC1.Cl. The highest BCUT2D eigenvalue weighted by Gasteiger charge is 2.00. The molecule has 36 valence electrons. The Balaban J connectivity index is 0.000000250. The van der Waals surface area contributed by atoms with Crippen LogP contribution in [0.5, 0.6) is 0 Å². The summed E-state index contributed by atoms with van der Waals surface area (Å²) in [6.45, 7) is 5.78. The minimum absolute atomic E-state index is 0. The first kappa shape index (κ1) is 5.99. The molecule has 0 amide bonds. The summed E-state index contributed by atoms with van der Waals surface area (Å²) >= 11 is 0. The normalized spacial score (nSPS) is 18.3. The van der Waals surface area contributed by atoms with Crippen molar-refractivity contribution in [3.05, 3.63) is 12.2 Å². The summed E-state index contributed by atoms with van der Waals surface area (Å²) in [4.78, 5) is 0. The number of halogens is 1. The van der Waals surface area contributed by atoms with E-state index in [2.05, 4.69) is 11.9 Å². The number of nitrogens with one attached hydrogen (secondary N) is 1. The molecule has 0 aliphatic carbocycles. The third kappa shape index (κ3) is 0.994. The van der Waals surface area contributed by atoms with Crippen molar-refractivity contribution >= 4 is 12.4 Å². The van der Waals surface area contributed by atoms with Crippen LogP contribution < -0.4 is 5.32 Å². The minimum Gasteiger partial charge on any atom is -0.309 e. The molecule has 1 N–H and O–H groups in total. The van der Waals surface area contributed by atoms with Crippen LogP contribution >= 0.6 is 12.4 Å². The van der Waals surface area contributed by atoms with Crippen molar-refractivity contribution in [2.24, 2.45) is 0 Å². The number of hydrogen-bond donors (Lipinski definition) is 1. The van der Waals surface area contributed by atoms with Gasteiger partial charge in [-0.25, -0.2) is 0 Å². The van der Waals surface area contributed by atoms with Crippen molar-refractivity contribution < 1.29 is 0 Å². The summed E-state index contributed by atoms with van der Waals surface area (Å²) < 4.78 is 0. The van der Waals surface area contributed by atoms with E-state index in [1.807, 2.05) is 0 Å². The van der Waals surface area contributed by atoms with Crippen molar-refractivity contribution in [2.45, 2.75) is 0 Å². The maximum Gasteiger partial charge on any atom is 0.0177 e. The van der Waals surface area contributed by atoms with E-state index in [-0.39, 0.29) is 12.4 Å². The van der Waals surface area contributed by atoms with Gasteiger partial charge in [0, 0.05) is 13.1 Å². The van der Waals surface area contributed by atoms with Crippen LogP contribution in [0.25, 0.3) is 0 Å². The zero-order chi connectivity index (χ0) is 3.70. The van der Waals surface area contributed by atoms with Crippen molar-refractivity contribution in [3.8, 4) is 0 Å². The predicted molar refractivity (Wildman–Crippen MR) is 29.3 cm³/mol. The fraction of sp³-hybridized carbons (Fsp3) is 0.500. The maximum atomic E-state index is 3.70. The predicted octanol–water partition coefficient (Wildman–Crippen LogP) is 0.568. The van der Waals surface area contributed by atoms with Gasteiger partial charge in [0.1, 0.15) is 0 Å². The Morgan fingerprint density at radius 2 is 1.83 bits per heavy atom. The molecule has 0 saturated carbocycles. The molecule has 2 heteroatoms. The summed E-state index contributed by atoms with van der Waals surface area (Å²) in [6, 6.07) is 0. The third-order valence-corrected chi connectivity index (χ3v) is 0.750. The molecule has 0 unspecified atom stereocenters. The standard InChI is InChI=1S/C4H7N.ClH/c1-4-2-5-3-4;/h5H,1-3H2;1H. The average molecular weight is 106 g/mol. The zero-order valence-corrected chi connectivity index (χ0v) is 4.35. The molecule has 1 saturated heterocycles. The monoisotopic (exact) mass is 105 g/mol. The van der Waals surface area contributed by atoms with Crippen molar-refractivity contribution in [1.29, 1.82) is 0 Å². The second-order valence-corrected chi connectivity index (χ2v) is 1.35. The van der Waals surface area contributed by atoms with Gasteiger partial charge in [0.05, 0.1) is 0 Å². The lowest BCUT2D eigenvalue weighted by molar-refractivity contribution is 0.672. The molecule has 0 radical (unpaired) electrons. The molecule has 0 aromatic rings. The van der Waals surface area contributed by atoms with Crippen LogP contribution in [-0.4, -0.2) is 13.1 Å². The molecule has 0 spiro atoms. The summed E-state index contributed by atoms with van der Waals surface area (Å²) in [5.41, 5.74) is 1.32. The van der Waals surface area contributed by atoms with Crippen LogP contribution in [0.2, 0.25) is 0 Å². The van der Waals surface area contributed by atoms with Crippen LogP contribution in [0.15, 0.2) is 12.2 Å². The summed E-state index contributed by atoms with van der Waals surface area (Å²) in [5, 5.41) is 3.06. The Hall–Kier alpha value is -0.0100. The largest absolute Gasteiger partial charge is 0.309 e. The zero-order valence-electron chi connectivity index (χ0n) is 3.53. The van der Waals surface area contributed by atoms with Gasteiger partial charge in [-0.2, -0.15) is 0 Å². The van der Waals surface area contributed by atoms with Crippen LogP contribution in [0.1, 0.15) is 0 Å². The van der Waals surface area contributed by atoms with E-state index in [9.17, 15) is 0 Å². The molecule has 0 bridgehead atoms. The molecule has 1 rings (SSSR count). The molecule has 6 heavy (non-hydrogen) atoms. The van der Waals surface area contributed by atoms with Crippen molar-refractivity contribution in [2.75, 3.05) is 13.1 Å². The van der Waals surface area contributed by atoms with Crippen LogP contribution in [0.4, 0.5) is 0 Å². The smallest absolute Gasteiger partial charge is 0.0177 e. The number of hydrogen-bond acceptors (Lipinski definition) is 1. The molecule has 0 aromatic carbocycles. The Labute approximate surface area is 43.8 Å². The van der Waals surface area contributed by atoms with E-state index in [1.54, 1.807) is 0 Å². The van der Waals surface area contributed by atoms with E-state index in [0.29, 0.717) is 0 Å². The lowest BCUT2D eigenvalue weighted by Gasteiger charge is -2.15. The molecule has 1 aliphatic heterocycles. The third-order valence-electron chi connectivity index (χ3n) is 0.750. The Bertz CT molecular complexity index is 54.6. The lowest BCUT2D eigenvalue weighted by Crippen LogP contribution is -2.32. The van der Waals surface area contributed by atoms with Gasteiger partial charge >= 0.3 is 0 Å². The summed E-state index contributed by atoms with van der Waals surface area (Å²) in [7, 11) is 0. The summed E-state index contributed by atoms with van der Waals surface area (Å²) in [6.07, 6.45) is 0. The van der Waals surface area contributed by atoms with Crippen molar-refractivity contribution in [1.82, 2.24) is 5.32 Å². The Morgan fingerprint density at radius 3 is 1.83 bits per heavy atom. The van der Waals surface area contributed by atoms with Gasteiger partial charge in [0.25, 0.3) is 0 Å². The average Bonchev–Trinajstić information content (AvgIpc) is 1.30. The quantitative estimate of drug-likeness (QED) is 0.444. The van der Waals surface area contributed by atoms with Crippen LogP contribution in [-0.2, 0) is 0 Å². The Kier molecular flexibility index (Phi) is 2.21.